The van der Waals surface area contributed by atoms with Crippen LogP contribution >= 0.6 is 41.5 Å². The highest BCUT2D eigenvalue weighted by Gasteiger charge is 2.10. The minimum absolute atomic E-state index is 1.24. The Labute approximate surface area is 236 Å². The Morgan fingerprint density at radius 3 is 1.73 bits per heavy atom. The van der Waals surface area contributed by atoms with Crippen molar-refractivity contribution in [2.24, 2.45) is 0 Å². The molecule has 0 aliphatic rings. The van der Waals surface area contributed by atoms with Gasteiger partial charge < -0.3 is 0 Å². The zero-order chi connectivity index (χ0) is 24.8. The molecule has 0 amide bonds. The third-order valence-corrected chi connectivity index (χ3v) is 10.2. The van der Waals surface area contributed by atoms with Crippen molar-refractivity contribution in [2.45, 2.75) is 4.90 Å². The first-order valence-electron chi connectivity index (χ1n) is 12.2. The van der Waals surface area contributed by atoms with E-state index in [1.165, 1.54) is 69.2 Å². The first kappa shape index (κ1) is 23.0. The molecule has 0 N–H and O–H groups in total. The van der Waals surface area contributed by atoms with Gasteiger partial charge in [-0.15, -0.1) is 11.3 Å². The van der Waals surface area contributed by atoms with E-state index in [0.29, 0.717) is 0 Å². The van der Waals surface area contributed by atoms with Gasteiger partial charge in [-0.1, -0.05) is 106 Å². The number of hydrogen-bond acceptors (Lipinski definition) is 2. The Kier molecular flexibility index (Phi) is 6.00. The number of thiophene rings is 1. The number of halogens is 1. The lowest BCUT2D eigenvalue weighted by Gasteiger charge is -2.09. The topological polar surface area (TPSA) is 0 Å². The monoisotopic (exact) mass is 620 g/mol. The number of benzene rings is 6. The van der Waals surface area contributed by atoms with Gasteiger partial charge in [-0.25, -0.2) is 0 Å². The zero-order valence-electron chi connectivity index (χ0n) is 19.8. The predicted molar refractivity (Wildman–Crippen MR) is 173 cm³/mol. The molecule has 0 bridgehead atoms. The molecule has 7 rings (SSSR count). The second-order valence-electron chi connectivity index (χ2n) is 9.24. The maximum absolute atomic E-state index is 2.33. The largest absolute Gasteiger partial charge is 0.135 e. The van der Waals surface area contributed by atoms with E-state index >= 15 is 0 Å². The molecule has 0 spiro atoms. The van der Waals surface area contributed by atoms with Crippen LogP contribution in [0.4, 0.5) is 0 Å². The average molecular weight is 621 g/mol. The van der Waals surface area contributed by atoms with E-state index in [4.69, 9.17) is 0 Å². The van der Waals surface area contributed by atoms with Gasteiger partial charge >= 0.3 is 0 Å². The fourth-order valence-corrected chi connectivity index (χ4v) is 7.48. The highest BCUT2D eigenvalue weighted by Crippen LogP contribution is 2.40. The highest BCUT2D eigenvalue weighted by molar-refractivity contribution is 14.2. The van der Waals surface area contributed by atoms with E-state index < -0.39 is 0 Å². The number of hydrogen-bond donors (Lipinski definition) is 0. The van der Waals surface area contributed by atoms with Gasteiger partial charge in [-0.3, -0.25) is 0 Å². The molecule has 0 atom stereocenters. The molecule has 0 fully saturated rings. The Morgan fingerprint density at radius 2 is 1.05 bits per heavy atom. The minimum Gasteiger partial charge on any atom is -0.135 e. The van der Waals surface area contributed by atoms with Gasteiger partial charge in [0, 0.05) is 46.3 Å². The van der Waals surface area contributed by atoms with Crippen LogP contribution in [0, 0.1) is 0 Å². The fourth-order valence-electron chi connectivity index (χ4n) is 5.12. The molecular weight excluding hydrogens is 599 g/mol. The van der Waals surface area contributed by atoms with Crippen molar-refractivity contribution in [1.82, 2.24) is 0 Å². The molecule has 0 radical (unpaired) electrons. The molecular formula is C34H21IS2. The van der Waals surface area contributed by atoms with Crippen LogP contribution in [0.25, 0.3) is 64.3 Å². The summed E-state index contributed by atoms with van der Waals surface area (Å²) in [6.45, 7) is 0. The van der Waals surface area contributed by atoms with Gasteiger partial charge in [0.25, 0.3) is 0 Å². The quantitative estimate of drug-likeness (QED) is 0.177. The van der Waals surface area contributed by atoms with Crippen LogP contribution in [-0.2, 0) is 0 Å². The predicted octanol–water partition coefficient (Wildman–Crippen LogP) is 11.7. The summed E-state index contributed by atoms with van der Waals surface area (Å²) in [6, 6.07) is 46.7. The molecule has 1 heterocycles. The molecule has 0 saturated carbocycles. The fraction of sp³-hybridized carbons (Fsp3) is 0. The summed E-state index contributed by atoms with van der Waals surface area (Å²) in [7, 11) is 1.75. The molecule has 37 heavy (non-hydrogen) atoms. The third kappa shape index (κ3) is 4.25. The lowest BCUT2D eigenvalue weighted by molar-refractivity contribution is 1.47. The van der Waals surface area contributed by atoms with Gasteiger partial charge in [-0.2, -0.15) is 0 Å². The average Bonchev–Trinajstić information content (AvgIpc) is 3.36. The van der Waals surface area contributed by atoms with E-state index in [-0.39, 0.29) is 0 Å². The Hall–Kier alpha value is -3.12. The van der Waals surface area contributed by atoms with E-state index in [9.17, 15) is 0 Å². The van der Waals surface area contributed by atoms with Crippen molar-refractivity contribution in [3.8, 4) is 33.4 Å². The summed E-state index contributed by atoms with van der Waals surface area (Å²) in [6.07, 6.45) is 0. The van der Waals surface area contributed by atoms with E-state index in [2.05, 4.69) is 149 Å². The molecule has 0 nitrogen and oxygen atoms in total. The Morgan fingerprint density at radius 1 is 0.486 bits per heavy atom. The molecule has 0 aliphatic carbocycles. The molecule has 6 aromatic carbocycles. The zero-order valence-corrected chi connectivity index (χ0v) is 23.6. The number of fused-ring (bicyclic) bond motifs is 4. The third-order valence-electron chi connectivity index (χ3n) is 7.05. The van der Waals surface area contributed by atoms with E-state index in [0.717, 1.165) is 0 Å². The van der Waals surface area contributed by atoms with Crippen LogP contribution in [-0.4, -0.2) is 0 Å². The van der Waals surface area contributed by atoms with Crippen LogP contribution in [0.3, 0.4) is 0 Å². The molecule has 0 saturated heterocycles. The van der Waals surface area contributed by atoms with Gasteiger partial charge in [0.2, 0.25) is 0 Å². The normalized spacial score (nSPS) is 11.5. The first-order valence-corrected chi connectivity index (χ1v) is 16.4. The first-order chi connectivity index (χ1) is 18.3. The summed E-state index contributed by atoms with van der Waals surface area (Å²) in [5.74, 6) is 0. The van der Waals surface area contributed by atoms with Crippen molar-refractivity contribution < 1.29 is 0 Å². The lowest BCUT2D eigenvalue weighted by Crippen LogP contribution is -1.83. The lowest BCUT2D eigenvalue weighted by atomic mass is 9.96. The van der Waals surface area contributed by atoms with Gasteiger partial charge in [0.05, 0.1) is 0 Å². The van der Waals surface area contributed by atoms with Gasteiger partial charge in [0.15, 0.2) is 0 Å². The Balaban J connectivity index is 1.21. The van der Waals surface area contributed by atoms with E-state index in [1.54, 1.807) is 8.93 Å². The van der Waals surface area contributed by atoms with Crippen LogP contribution in [0.15, 0.2) is 132 Å². The molecule has 0 unspecified atom stereocenters. The van der Waals surface area contributed by atoms with Crippen molar-refractivity contribution in [3.05, 3.63) is 127 Å². The molecule has 7 aromatic rings. The van der Waals surface area contributed by atoms with Crippen molar-refractivity contribution in [1.29, 1.82) is 0 Å². The maximum Gasteiger partial charge on any atom is 0.0433 e. The van der Waals surface area contributed by atoms with Crippen molar-refractivity contribution in [2.75, 3.05) is 0 Å². The molecule has 3 heteroatoms. The second kappa shape index (κ2) is 9.64. The number of rotatable bonds is 4. The van der Waals surface area contributed by atoms with Gasteiger partial charge in [0.1, 0.15) is 0 Å². The van der Waals surface area contributed by atoms with Crippen LogP contribution in [0.1, 0.15) is 0 Å². The van der Waals surface area contributed by atoms with Crippen molar-refractivity contribution in [3.63, 3.8) is 0 Å². The summed E-state index contributed by atoms with van der Waals surface area (Å²) in [5, 5.41) is 5.22. The molecule has 176 valence electrons. The van der Waals surface area contributed by atoms with Crippen LogP contribution < -0.4 is 0 Å². The molecule has 0 aliphatic heterocycles. The van der Waals surface area contributed by atoms with E-state index in [1.807, 2.05) is 11.3 Å². The maximum atomic E-state index is 2.33. The van der Waals surface area contributed by atoms with Crippen LogP contribution in [0.2, 0.25) is 0 Å². The van der Waals surface area contributed by atoms with Gasteiger partial charge in [-0.05, 0) is 74.5 Å². The Bertz CT molecular complexity index is 1900. The smallest absolute Gasteiger partial charge is 0.0433 e. The SMILES string of the molecule is ISc1ccc(-c2ccc3cc(-c4ccc(-c5cccc6c5sc5ccccc56)cc4)ccc3c2)cc1. The molecule has 1 aromatic heterocycles. The highest BCUT2D eigenvalue weighted by atomic mass is 127. The summed E-state index contributed by atoms with van der Waals surface area (Å²) in [5.41, 5.74) is 7.56. The standard InChI is InChI=1S/C34H21IS2/c35-37-29-18-16-23(17-19-29)26-13-15-27-20-25(12-14-28(27)21-26)22-8-10-24(11-9-22)30-5-3-6-32-31-4-1-2-7-33(31)36-34(30)32/h1-21H. The summed E-state index contributed by atoms with van der Waals surface area (Å²) < 4.78 is 2.71. The summed E-state index contributed by atoms with van der Waals surface area (Å²) in [4.78, 5) is 1.28. The van der Waals surface area contributed by atoms with Crippen LogP contribution in [0.5, 0.6) is 0 Å². The van der Waals surface area contributed by atoms with Crippen molar-refractivity contribution >= 4 is 72.4 Å². The second-order valence-corrected chi connectivity index (χ2v) is 12.2. The minimum atomic E-state index is 1.24. The summed E-state index contributed by atoms with van der Waals surface area (Å²) >= 11 is 4.21.